The molecule has 0 spiro atoms. The highest BCUT2D eigenvalue weighted by atomic mass is 15.2. The van der Waals surface area contributed by atoms with Gasteiger partial charge in [-0.25, -0.2) is 9.97 Å². The van der Waals surface area contributed by atoms with E-state index in [4.69, 9.17) is 24.9 Å². The molecular formula is C49H29N7. The first-order valence-corrected chi connectivity index (χ1v) is 18.7. The summed E-state index contributed by atoms with van der Waals surface area (Å²) in [5, 5.41) is 9.04. The van der Waals surface area contributed by atoms with Crippen LogP contribution in [-0.4, -0.2) is 34.1 Å². The summed E-state index contributed by atoms with van der Waals surface area (Å²) >= 11 is 0. The maximum atomic E-state index is 5.44. The number of para-hydroxylation sites is 2. The van der Waals surface area contributed by atoms with Crippen molar-refractivity contribution in [3.05, 3.63) is 176 Å². The number of hydrogen-bond acceptors (Lipinski definition) is 5. The Morgan fingerprint density at radius 2 is 0.768 bits per heavy atom. The molecule has 0 aliphatic heterocycles. The van der Waals surface area contributed by atoms with Crippen molar-refractivity contribution in [1.29, 1.82) is 0 Å². The Bertz CT molecular complexity index is 3440. The van der Waals surface area contributed by atoms with Gasteiger partial charge in [0.25, 0.3) is 0 Å². The predicted molar refractivity (Wildman–Crippen MR) is 227 cm³/mol. The van der Waals surface area contributed by atoms with Gasteiger partial charge in [0.05, 0.1) is 39.3 Å². The van der Waals surface area contributed by atoms with Gasteiger partial charge in [0, 0.05) is 43.4 Å². The predicted octanol–water partition coefficient (Wildman–Crippen LogP) is 11.6. The van der Waals surface area contributed by atoms with E-state index in [1.165, 1.54) is 10.8 Å². The van der Waals surface area contributed by atoms with Crippen LogP contribution < -0.4 is 0 Å². The second kappa shape index (κ2) is 11.9. The molecule has 0 fully saturated rings. The van der Waals surface area contributed by atoms with E-state index in [9.17, 15) is 0 Å². The van der Waals surface area contributed by atoms with E-state index >= 15 is 0 Å². The summed E-state index contributed by atoms with van der Waals surface area (Å²) in [5.41, 5.74) is 7.77. The van der Waals surface area contributed by atoms with Gasteiger partial charge in [0.1, 0.15) is 0 Å². The fourth-order valence-electron chi connectivity index (χ4n) is 8.60. The van der Waals surface area contributed by atoms with Gasteiger partial charge in [-0.15, -0.1) is 0 Å². The molecular weight excluding hydrogens is 687 g/mol. The Labute approximate surface area is 319 Å². The van der Waals surface area contributed by atoms with Crippen molar-refractivity contribution >= 4 is 76.2 Å². The summed E-state index contributed by atoms with van der Waals surface area (Å²) < 4.78 is 4.44. The third-order valence-corrected chi connectivity index (χ3v) is 11.0. The lowest BCUT2D eigenvalue weighted by Gasteiger charge is -2.12. The molecule has 0 unspecified atom stereocenters. The van der Waals surface area contributed by atoms with Gasteiger partial charge in [-0.3, -0.25) is 14.1 Å². The smallest absolute Gasteiger partial charge is 0.238 e. The third kappa shape index (κ3) is 4.42. The number of rotatable bonds is 4. The Hall–Kier alpha value is -7.77. The molecule has 4 aromatic heterocycles. The Morgan fingerprint density at radius 1 is 0.321 bits per heavy atom. The summed E-state index contributed by atoms with van der Waals surface area (Å²) in [4.78, 5) is 25.9. The van der Waals surface area contributed by atoms with Gasteiger partial charge in [-0.05, 0) is 35.0 Å². The minimum absolute atomic E-state index is 0.562. The standard InChI is InChI=1S/C49H29N7/c1-3-15-30(16-4-1)47-52-48(31-17-5-2-6-18-31)54-49(53-47)56-39-26-14-12-24-37(39)44-41(56)28-27-40-43(44)36-23-11-13-25-38(36)55(40)42-29-50-45-34-21-9-7-19-32(34)33-20-8-10-22-35(33)46(45)51-42/h1-29H. The minimum atomic E-state index is 0.562. The second-order valence-corrected chi connectivity index (χ2v) is 14.1. The van der Waals surface area contributed by atoms with Gasteiger partial charge < -0.3 is 0 Å². The van der Waals surface area contributed by atoms with Crippen molar-refractivity contribution in [2.24, 2.45) is 0 Å². The maximum Gasteiger partial charge on any atom is 0.238 e. The van der Waals surface area contributed by atoms with Crippen LogP contribution >= 0.6 is 0 Å². The average Bonchev–Trinajstić information content (AvgIpc) is 3.80. The second-order valence-electron chi connectivity index (χ2n) is 14.1. The van der Waals surface area contributed by atoms with Crippen LogP contribution in [0.3, 0.4) is 0 Å². The average molecular weight is 716 g/mol. The first-order valence-electron chi connectivity index (χ1n) is 18.7. The van der Waals surface area contributed by atoms with E-state index < -0.39 is 0 Å². The summed E-state index contributed by atoms with van der Waals surface area (Å²) in [6, 6.07) is 58.7. The molecule has 0 amide bonds. The van der Waals surface area contributed by atoms with Crippen molar-refractivity contribution in [2.75, 3.05) is 0 Å². The number of hydrogen-bond donors (Lipinski definition) is 0. The molecule has 0 aliphatic rings. The van der Waals surface area contributed by atoms with E-state index in [1.54, 1.807) is 0 Å². The van der Waals surface area contributed by atoms with Crippen LogP contribution in [0.1, 0.15) is 0 Å². The molecule has 8 aromatic carbocycles. The molecule has 0 saturated carbocycles. The zero-order valence-electron chi connectivity index (χ0n) is 29.9. The van der Waals surface area contributed by atoms with Gasteiger partial charge in [-0.2, -0.15) is 9.97 Å². The largest absolute Gasteiger partial charge is 0.292 e. The molecule has 4 heterocycles. The van der Waals surface area contributed by atoms with Crippen molar-refractivity contribution in [3.8, 4) is 34.5 Å². The number of nitrogens with zero attached hydrogens (tertiary/aromatic N) is 7. The van der Waals surface area contributed by atoms with Gasteiger partial charge in [0.2, 0.25) is 5.95 Å². The highest BCUT2D eigenvalue weighted by molar-refractivity contribution is 6.29. The van der Waals surface area contributed by atoms with Crippen molar-refractivity contribution in [2.45, 2.75) is 0 Å². The molecule has 0 bridgehead atoms. The lowest BCUT2D eigenvalue weighted by Crippen LogP contribution is -2.06. The van der Waals surface area contributed by atoms with E-state index in [0.717, 1.165) is 82.4 Å². The SMILES string of the molecule is c1ccc(-c2nc(-c3ccccc3)nc(-n3c4ccccc4c4c5c6ccccc6n(-c6cnc7c8ccccc8c8ccccc8c7n6)c5ccc43)n2)cc1. The zero-order valence-corrected chi connectivity index (χ0v) is 29.9. The summed E-state index contributed by atoms with van der Waals surface area (Å²) in [6.45, 7) is 0. The molecule has 12 aromatic rings. The first kappa shape index (κ1) is 30.7. The highest BCUT2D eigenvalue weighted by Crippen LogP contribution is 2.42. The Morgan fingerprint density at radius 3 is 1.34 bits per heavy atom. The van der Waals surface area contributed by atoms with Crippen molar-refractivity contribution in [3.63, 3.8) is 0 Å². The third-order valence-electron chi connectivity index (χ3n) is 11.0. The summed E-state index contributed by atoms with van der Waals surface area (Å²) in [5.74, 6) is 2.57. The van der Waals surface area contributed by atoms with Crippen LogP contribution in [0.4, 0.5) is 0 Å². The normalized spacial score (nSPS) is 11.9. The maximum absolute atomic E-state index is 5.44. The van der Waals surface area contributed by atoms with Crippen LogP contribution in [0, 0.1) is 0 Å². The van der Waals surface area contributed by atoms with Crippen LogP contribution in [-0.2, 0) is 0 Å². The molecule has 7 heteroatoms. The minimum Gasteiger partial charge on any atom is -0.292 e. The zero-order chi connectivity index (χ0) is 36.7. The lowest BCUT2D eigenvalue weighted by molar-refractivity contribution is 0.953. The monoisotopic (exact) mass is 715 g/mol. The summed E-state index contributed by atoms with van der Waals surface area (Å²) in [6.07, 6.45) is 1.92. The van der Waals surface area contributed by atoms with Crippen LogP contribution in [0.2, 0.25) is 0 Å². The topological polar surface area (TPSA) is 74.3 Å². The molecule has 0 saturated heterocycles. The van der Waals surface area contributed by atoms with E-state index in [0.29, 0.717) is 17.6 Å². The van der Waals surface area contributed by atoms with Crippen LogP contribution in [0.25, 0.3) is 111 Å². The Kier molecular flexibility index (Phi) is 6.50. The molecule has 12 rings (SSSR count). The molecule has 0 radical (unpaired) electrons. The number of aromatic nitrogens is 7. The quantitative estimate of drug-likeness (QED) is 0.170. The molecule has 0 atom stereocenters. The van der Waals surface area contributed by atoms with Gasteiger partial charge >= 0.3 is 0 Å². The molecule has 0 N–H and O–H groups in total. The van der Waals surface area contributed by atoms with Crippen molar-refractivity contribution < 1.29 is 0 Å². The number of fused-ring (bicyclic) bond motifs is 13. The fraction of sp³-hybridized carbons (Fsp3) is 0. The van der Waals surface area contributed by atoms with E-state index in [1.807, 2.05) is 66.9 Å². The molecule has 260 valence electrons. The van der Waals surface area contributed by atoms with Crippen LogP contribution in [0.5, 0.6) is 0 Å². The van der Waals surface area contributed by atoms with Gasteiger partial charge in [0.15, 0.2) is 17.5 Å². The molecule has 0 aliphatic carbocycles. The van der Waals surface area contributed by atoms with E-state index in [-0.39, 0.29) is 0 Å². The highest BCUT2D eigenvalue weighted by Gasteiger charge is 2.23. The number of benzene rings is 8. The lowest BCUT2D eigenvalue weighted by atomic mass is 10.00. The van der Waals surface area contributed by atoms with Crippen LogP contribution in [0.15, 0.2) is 176 Å². The Balaban J connectivity index is 1.16. The fourth-order valence-corrected chi connectivity index (χ4v) is 8.60. The molecule has 56 heavy (non-hydrogen) atoms. The van der Waals surface area contributed by atoms with Crippen molar-refractivity contribution in [1.82, 2.24) is 34.1 Å². The molecule has 7 nitrogen and oxygen atoms in total. The van der Waals surface area contributed by atoms with E-state index in [2.05, 4.69) is 118 Å². The summed E-state index contributed by atoms with van der Waals surface area (Å²) in [7, 11) is 0. The first-order chi connectivity index (χ1) is 27.8. The van der Waals surface area contributed by atoms with Gasteiger partial charge in [-0.1, -0.05) is 146 Å².